The maximum Gasteiger partial charge on any atom is 0.338 e. The second kappa shape index (κ2) is 19.9. The Hall–Kier alpha value is -2.03. The molecule has 0 aliphatic carbocycles. The minimum absolute atomic E-state index is 0.0509. The molecule has 10 heteroatoms. The highest BCUT2D eigenvalue weighted by molar-refractivity contribution is 7.85. The molecule has 0 spiro atoms. The maximum atomic E-state index is 11.8. The van der Waals surface area contributed by atoms with Gasteiger partial charge in [-0.2, -0.15) is 0 Å². The highest BCUT2D eigenvalue weighted by Gasteiger charge is 2.34. The molecule has 0 aliphatic heterocycles. The van der Waals surface area contributed by atoms with Crippen LogP contribution >= 0.6 is 7.26 Å². The van der Waals surface area contributed by atoms with E-state index in [9.17, 15) is 28.0 Å². The molecule has 2 N–H and O–H groups in total. The van der Waals surface area contributed by atoms with Gasteiger partial charge in [0.15, 0.2) is 0 Å². The Morgan fingerprint density at radius 1 is 0.850 bits per heavy atom. The van der Waals surface area contributed by atoms with Gasteiger partial charge in [-0.1, -0.05) is 58.2 Å². The normalized spacial score (nSPS) is 12.2. The summed E-state index contributed by atoms with van der Waals surface area (Å²) < 4.78 is 42.6. The van der Waals surface area contributed by atoms with Gasteiger partial charge in [-0.05, 0) is 55.7 Å². The monoisotopic (exact) mass is 598 g/mol. The molecule has 2 aromatic carbocycles. The fourth-order valence-electron chi connectivity index (χ4n) is 4.13. The molecule has 0 bridgehead atoms. The number of hydrogen-bond acceptors (Lipinski definition) is 8. The third kappa shape index (κ3) is 14.6. The zero-order valence-corrected chi connectivity index (χ0v) is 25.9. The van der Waals surface area contributed by atoms with Gasteiger partial charge >= 0.3 is 5.97 Å². The molecule has 2 rings (SSSR count). The fourth-order valence-corrected chi connectivity index (χ4v) is 9.33. The van der Waals surface area contributed by atoms with Crippen LogP contribution in [0.2, 0.25) is 0 Å². The van der Waals surface area contributed by atoms with Crippen LogP contribution in [-0.4, -0.2) is 79.7 Å². The number of rotatable bonds is 18. The number of benzene rings is 2. The Balaban J connectivity index is 0.000000437. The Bertz CT molecular complexity index is 1020. The van der Waals surface area contributed by atoms with Gasteiger partial charge in [-0.25, -0.2) is 13.2 Å². The van der Waals surface area contributed by atoms with Gasteiger partial charge in [0.2, 0.25) is 0 Å². The zero-order valence-electron chi connectivity index (χ0n) is 24.2. The first kappa shape index (κ1) is 36.0. The third-order valence-corrected chi connectivity index (χ3v) is 12.3. The minimum atomic E-state index is -4.56. The summed E-state index contributed by atoms with van der Waals surface area (Å²) >= 11 is 0. The van der Waals surface area contributed by atoms with E-state index >= 15 is 0 Å². The number of aliphatic hydroxyl groups is 2. The Morgan fingerprint density at radius 2 is 1.38 bits per heavy atom. The van der Waals surface area contributed by atoms with Crippen molar-refractivity contribution in [2.24, 2.45) is 0 Å². The van der Waals surface area contributed by atoms with E-state index in [1.54, 1.807) is 24.3 Å². The summed E-state index contributed by atoms with van der Waals surface area (Å²) in [7, 11) is -5.36. The number of unbranched alkanes of at least 4 members (excludes halogenated alkanes) is 3. The Kier molecular flexibility index (Phi) is 18.0. The van der Waals surface area contributed by atoms with Gasteiger partial charge in [-0.15, -0.1) is 0 Å². The highest BCUT2D eigenvalue weighted by Crippen LogP contribution is 2.60. The molecule has 0 saturated carbocycles. The molecule has 1 atom stereocenters. The van der Waals surface area contributed by atoms with Crippen LogP contribution in [0.4, 0.5) is 0 Å². The quantitative estimate of drug-likeness (QED) is 0.129. The lowest BCUT2D eigenvalue weighted by Crippen LogP contribution is -2.25. The lowest BCUT2D eigenvalue weighted by Gasteiger charge is -2.27. The zero-order chi connectivity index (χ0) is 29.9. The van der Waals surface area contributed by atoms with Crippen LogP contribution in [0.15, 0.2) is 59.5 Å². The van der Waals surface area contributed by atoms with Crippen LogP contribution in [0.5, 0.6) is 5.75 Å². The number of esters is 1. The van der Waals surface area contributed by atoms with Crippen molar-refractivity contribution in [2.75, 3.05) is 44.5 Å². The van der Waals surface area contributed by atoms with Crippen LogP contribution in [0.3, 0.4) is 0 Å². The number of para-hydroxylation sites is 1. The second-order valence-corrected chi connectivity index (χ2v) is 15.7. The molecule has 2 aromatic rings. The molecule has 0 aromatic heterocycles. The molecule has 8 nitrogen and oxygen atoms in total. The van der Waals surface area contributed by atoms with Crippen molar-refractivity contribution >= 4 is 23.3 Å². The van der Waals surface area contributed by atoms with Crippen LogP contribution in [-0.2, 0) is 14.9 Å². The smallest absolute Gasteiger partial charge is 0.338 e. The summed E-state index contributed by atoms with van der Waals surface area (Å²) in [5.74, 6) is -0.166. The van der Waals surface area contributed by atoms with Gasteiger partial charge in [0.25, 0.3) is 0 Å². The van der Waals surface area contributed by atoms with Gasteiger partial charge in [0.05, 0.1) is 41.7 Å². The maximum absolute atomic E-state index is 11.8. The number of carbonyl (C=O) groups is 1. The number of hydrogen-bond donors (Lipinski definition) is 2. The fraction of sp³-hybridized carbons (Fsp3) is 0.567. The number of ether oxygens (including phenoxy) is 2. The largest absolute Gasteiger partial charge is 0.744 e. The second-order valence-electron chi connectivity index (χ2n) is 9.88. The van der Waals surface area contributed by atoms with Crippen LogP contribution in [0.1, 0.15) is 69.7 Å². The average Bonchev–Trinajstić information content (AvgIpc) is 2.96. The lowest BCUT2D eigenvalue weighted by atomic mass is 10.2. The first-order valence-electron chi connectivity index (χ1n) is 14.2. The topological polar surface area (TPSA) is 133 Å². The predicted octanol–water partition coefficient (Wildman–Crippen LogP) is 5.58. The van der Waals surface area contributed by atoms with E-state index in [1.807, 2.05) is 6.07 Å². The molecule has 1 unspecified atom stereocenters. The molecule has 0 amide bonds. The summed E-state index contributed by atoms with van der Waals surface area (Å²) in [6, 6.07) is 13.2. The molecular formula is C30H47O8PS. The van der Waals surface area contributed by atoms with Crippen LogP contribution < -0.4 is 4.74 Å². The van der Waals surface area contributed by atoms with Gasteiger partial charge in [-0.3, -0.25) is 0 Å². The highest BCUT2D eigenvalue weighted by atomic mass is 32.2. The molecule has 40 heavy (non-hydrogen) atoms. The van der Waals surface area contributed by atoms with Gasteiger partial charge in [0.1, 0.15) is 35.2 Å². The van der Waals surface area contributed by atoms with Crippen molar-refractivity contribution in [2.45, 2.75) is 70.3 Å². The molecule has 0 aliphatic rings. The summed E-state index contributed by atoms with van der Waals surface area (Å²) in [6.07, 6.45) is 12.5. The SMILES string of the molecule is CCCC[P+](CCO)(CCCC)CCCC.O=C(OCC(O)COc1ccccc1)c1ccc(S(=O)(=O)[O-])cc1. The average molecular weight is 599 g/mol. The molecule has 226 valence electrons. The predicted molar refractivity (Wildman–Crippen MR) is 161 cm³/mol. The summed E-state index contributed by atoms with van der Waals surface area (Å²) in [6.45, 7) is 6.94. The van der Waals surface area contributed by atoms with Gasteiger partial charge < -0.3 is 24.2 Å². The number of carbonyl (C=O) groups excluding carboxylic acids is 1. The van der Waals surface area contributed by atoms with E-state index in [-0.39, 0.29) is 18.8 Å². The van der Waals surface area contributed by atoms with Crippen molar-refractivity contribution in [3.05, 3.63) is 60.2 Å². The lowest BCUT2D eigenvalue weighted by molar-refractivity contribution is 0.0130. The van der Waals surface area contributed by atoms with E-state index in [1.165, 1.54) is 69.1 Å². The first-order valence-corrected chi connectivity index (χ1v) is 18.1. The first-order chi connectivity index (χ1) is 19.1. The Morgan fingerprint density at radius 3 is 1.82 bits per heavy atom. The summed E-state index contributed by atoms with van der Waals surface area (Å²) in [4.78, 5) is 11.3. The molecule has 0 saturated heterocycles. The molecule has 0 fully saturated rings. The summed E-state index contributed by atoms with van der Waals surface area (Å²) in [5.41, 5.74) is 0.0681. The third-order valence-electron chi connectivity index (χ3n) is 6.50. The summed E-state index contributed by atoms with van der Waals surface area (Å²) in [5, 5.41) is 19.1. The Labute approximate surface area is 241 Å². The van der Waals surface area contributed by atoms with Crippen molar-refractivity contribution in [1.29, 1.82) is 0 Å². The van der Waals surface area contributed by atoms with Crippen molar-refractivity contribution in [3.63, 3.8) is 0 Å². The van der Waals surface area contributed by atoms with Crippen LogP contribution in [0.25, 0.3) is 0 Å². The molecular weight excluding hydrogens is 551 g/mol. The number of aliphatic hydroxyl groups excluding tert-OH is 2. The van der Waals surface area contributed by atoms with E-state index in [0.29, 0.717) is 12.4 Å². The van der Waals surface area contributed by atoms with E-state index in [4.69, 9.17) is 9.47 Å². The van der Waals surface area contributed by atoms with E-state index in [2.05, 4.69) is 20.8 Å². The van der Waals surface area contributed by atoms with Crippen molar-refractivity contribution in [1.82, 2.24) is 0 Å². The van der Waals surface area contributed by atoms with Gasteiger partial charge in [0, 0.05) is 7.26 Å². The minimum Gasteiger partial charge on any atom is -0.744 e. The standard InChI is InChI=1S/C16H16O7S.C14H32OP/c17-13(10-22-14-4-2-1-3-5-14)11-23-16(18)12-6-8-15(9-7-12)24(19,20)21;1-4-7-11-16(14-10-15,12-8-5-2)13-9-6-3/h1-9,13,17H,10-11H2,(H,19,20,21);15H,4-14H2,1-3H3/q;+1/p-1. The van der Waals surface area contributed by atoms with Crippen molar-refractivity contribution in [3.8, 4) is 5.75 Å². The van der Waals surface area contributed by atoms with Crippen LogP contribution in [0, 0.1) is 0 Å². The van der Waals surface area contributed by atoms with Crippen molar-refractivity contribution < 1.29 is 37.5 Å². The molecule has 0 radical (unpaired) electrons. The van der Waals surface area contributed by atoms with E-state index < -0.39 is 34.3 Å². The van der Waals surface area contributed by atoms with E-state index in [0.717, 1.165) is 18.3 Å². The molecule has 0 heterocycles.